The first-order valence-corrected chi connectivity index (χ1v) is 8.33. The van der Waals surface area contributed by atoms with Gasteiger partial charge in [0, 0.05) is 23.6 Å². The molecular formula is C17H14Cl3NO3. The molecule has 1 aliphatic carbocycles. The molecule has 7 heteroatoms. The Bertz CT molecular complexity index is 806. The Morgan fingerprint density at radius 2 is 2.00 bits per heavy atom. The van der Waals surface area contributed by atoms with Crippen LogP contribution in [0.3, 0.4) is 0 Å². The number of phenols is 1. The molecule has 0 spiro atoms. The van der Waals surface area contributed by atoms with E-state index in [9.17, 15) is 14.7 Å². The second-order valence-electron chi connectivity index (χ2n) is 5.93. The Balaban J connectivity index is 2.33. The average Bonchev–Trinajstić information content (AvgIpc) is 2.69. The minimum absolute atomic E-state index is 0.0894. The zero-order valence-electron chi connectivity index (χ0n) is 12.7. The standard InChI is InChI=1S/C17H14Cl3NO3/c1-3-9-6-7-16(19)14(23)21(2)15(24)17(16,20)13(9)11-8-10(18)4-5-12(11)22/h3-6,8,13,22H,1,7H2,2H3. The fourth-order valence-corrected chi connectivity index (χ4v) is 4.58. The quantitative estimate of drug-likeness (QED) is 0.624. The number of allylic oxidation sites excluding steroid dienone is 3. The van der Waals surface area contributed by atoms with Gasteiger partial charge in [-0.05, 0) is 30.2 Å². The molecule has 2 amide bonds. The topological polar surface area (TPSA) is 57.6 Å². The van der Waals surface area contributed by atoms with Crippen molar-refractivity contribution < 1.29 is 14.7 Å². The van der Waals surface area contributed by atoms with Crippen molar-refractivity contribution in [1.82, 2.24) is 4.90 Å². The largest absolute Gasteiger partial charge is 0.508 e. The highest BCUT2D eigenvalue weighted by Gasteiger charge is 2.72. The first-order chi connectivity index (χ1) is 11.2. The van der Waals surface area contributed by atoms with Gasteiger partial charge in [0.1, 0.15) is 5.75 Å². The van der Waals surface area contributed by atoms with E-state index in [0.29, 0.717) is 16.2 Å². The van der Waals surface area contributed by atoms with E-state index in [4.69, 9.17) is 34.8 Å². The van der Waals surface area contributed by atoms with Gasteiger partial charge in [0.2, 0.25) is 0 Å². The van der Waals surface area contributed by atoms with Crippen molar-refractivity contribution in [1.29, 1.82) is 0 Å². The van der Waals surface area contributed by atoms with Gasteiger partial charge < -0.3 is 5.11 Å². The van der Waals surface area contributed by atoms with Crippen molar-refractivity contribution in [2.24, 2.45) is 0 Å². The predicted octanol–water partition coefficient (Wildman–Crippen LogP) is 3.60. The van der Waals surface area contributed by atoms with E-state index in [0.717, 1.165) is 4.90 Å². The van der Waals surface area contributed by atoms with Gasteiger partial charge in [0.15, 0.2) is 9.75 Å². The lowest BCUT2D eigenvalue weighted by molar-refractivity contribution is -0.137. The van der Waals surface area contributed by atoms with Crippen molar-refractivity contribution in [3.05, 3.63) is 53.1 Å². The number of carbonyl (C=O) groups is 2. The van der Waals surface area contributed by atoms with Crippen molar-refractivity contribution in [2.45, 2.75) is 22.1 Å². The van der Waals surface area contributed by atoms with Crippen molar-refractivity contribution in [2.75, 3.05) is 7.05 Å². The minimum Gasteiger partial charge on any atom is -0.508 e. The smallest absolute Gasteiger partial charge is 0.253 e. The van der Waals surface area contributed by atoms with Gasteiger partial charge in [-0.1, -0.05) is 30.3 Å². The minimum atomic E-state index is -1.78. The monoisotopic (exact) mass is 385 g/mol. The Morgan fingerprint density at radius 1 is 1.33 bits per heavy atom. The van der Waals surface area contributed by atoms with Crippen LogP contribution in [-0.2, 0) is 9.59 Å². The number of amides is 2. The van der Waals surface area contributed by atoms with Crippen LogP contribution < -0.4 is 0 Å². The number of rotatable bonds is 2. The maximum absolute atomic E-state index is 12.8. The number of benzene rings is 1. The van der Waals surface area contributed by atoms with Crippen LogP contribution >= 0.6 is 34.8 Å². The first-order valence-electron chi connectivity index (χ1n) is 7.19. The molecule has 1 aromatic carbocycles. The highest BCUT2D eigenvalue weighted by Crippen LogP contribution is 2.59. The molecule has 1 saturated heterocycles. The van der Waals surface area contributed by atoms with E-state index in [-0.39, 0.29) is 12.2 Å². The van der Waals surface area contributed by atoms with Crippen LogP contribution in [0.4, 0.5) is 0 Å². The first kappa shape index (κ1) is 17.3. The number of hydrogen-bond acceptors (Lipinski definition) is 3. The molecule has 0 saturated carbocycles. The Kier molecular flexibility index (Phi) is 3.98. The summed E-state index contributed by atoms with van der Waals surface area (Å²) in [5.41, 5.74) is 0.931. The third-order valence-corrected chi connectivity index (χ3v) is 6.37. The van der Waals surface area contributed by atoms with E-state index >= 15 is 0 Å². The van der Waals surface area contributed by atoms with Crippen LogP contribution in [0.5, 0.6) is 5.75 Å². The lowest BCUT2D eigenvalue weighted by Gasteiger charge is -2.42. The summed E-state index contributed by atoms with van der Waals surface area (Å²) in [5.74, 6) is -2.12. The van der Waals surface area contributed by atoms with Crippen LogP contribution in [0.1, 0.15) is 17.9 Å². The number of likely N-dealkylation sites (tertiary alicyclic amines) is 1. The molecule has 3 atom stereocenters. The molecule has 3 unspecified atom stereocenters. The number of hydrogen-bond donors (Lipinski definition) is 1. The SMILES string of the molecule is C=CC1=CCC2(Cl)C(=O)N(C)C(=O)C2(Cl)C1c1cc(Cl)ccc1O. The Hall–Kier alpha value is -1.49. The number of phenolic OH excluding ortho intramolecular Hbond substituents is 1. The number of nitrogens with zero attached hydrogens (tertiary/aromatic N) is 1. The lowest BCUT2D eigenvalue weighted by Crippen LogP contribution is -2.54. The molecule has 0 aromatic heterocycles. The molecule has 1 aliphatic heterocycles. The molecule has 24 heavy (non-hydrogen) atoms. The number of imide groups is 1. The summed E-state index contributed by atoms with van der Waals surface area (Å²) in [4.78, 5) is 22.9. The van der Waals surface area contributed by atoms with E-state index in [1.165, 1.54) is 25.2 Å². The van der Waals surface area contributed by atoms with Gasteiger partial charge in [0.05, 0.1) is 0 Å². The van der Waals surface area contributed by atoms with Gasteiger partial charge in [-0.3, -0.25) is 14.5 Å². The van der Waals surface area contributed by atoms with Gasteiger partial charge in [-0.2, -0.15) is 0 Å². The summed E-state index contributed by atoms with van der Waals surface area (Å²) in [5, 5.41) is 10.7. The van der Waals surface area contributed by atoms with E-state index in [2.05, 4.69) is 6.58 Å². The molecular weight excluding hydrogens is 373 g/mol. The number of aromatic hydroxyl groups is 1. The van der Waals surface area contributed by atoms with Crippen LogP contribution in [0.25, 0.3) is 0 Å². The van der Waals surface area contributed by atoms with E-state index in [1.54, 1.807) is 12.2 Å². The van der Waals surface area contributed by atoms with Crippen molar-refractivity contribution in [3.8, 4) is 5.75 Å². The van der Waals surface area contributed by atoms with Crippen LogP contribution in [-0.4, -0.2) is 38.6 Å². The highest BCUT2D eigenvalue weighted by atomic mass is 35.5. The normalized spacial score (nSPS) is 32.6. The summed E-state index contributed by atoms with van der Waals surface area (Å²) < 4.78 is 0. The summed E-state index contributed by atoms with van der Waals surface area (Å²) in [6.07, 6.45) is 3.35. The zero-order valence-corrected chi connectivity index (χ0v) is 15.0. The molecule has 0 radical (unpaired) electrons. The number of alkyl halides is 2. The summed E-state index contributed by atoms with van der Waals surface area (Å²) >= 11 is 19.4. The number of fused-ring (bicyclic) bond motifs is 1. The molecule has 1 N–H and O–H groups in total. The van der Waals surface area contributed by atoms with Crippen molar-refractivity contribution in [3.63, 3.8) is 0 Å². The fraction of sp³-hybridized carbons (Fsp3) is 0.294. The molecule has 1 aromatic rings. The van der Waals surface area contributed by atoms with Gasteiger partial charge >= 0.3 is 0 Å². The fourth-order valence-electron chi connectivity index (χ4n) is 3.47. The molecule has 0 bridgehead atoms. The Morgan fingerprint density at radius 3 is 2.62 bits per heavy atom. The molecule has 1 fully saturated rings. The maximum atomic E-state index is 12.8. The summed E-state index contributed by atoms with van der Waals surface area (Å²) in [7, 11) is 1.35. The third kappa shape index (κ3) is 2.00. The van der Waals surface area contributed by atoms with Crippen LogP contribution in [0.15, 0.2) is 42.5 Å². The van der Waals surface area contributed by atoms with Crippen molar-refractivity contribution >= 4 is 46.6 Å². The zero-order chi connectivity index (χ0) is 17.9. The van der Waals surface area contributed by atoms with Gasteiger partial charge in [-0.25, -0.2) is 0 Å². The molecule has 1 heterocycles. The highest BCUT2D eigenvalue weighted by molar-refractivity contribution is 6.53. The lowest BCUT2D eigenvalue weighted by atomic mass is 9.68. The maximum Gasteiger partial charge on any atom is 0.253 e. The van der Waals surface area contributed by atoms with E-state index < -0.39 is 27.5 Å². The van der Waals surface area contributed by atoms with Gasteiger partial charge in [-0.15, -0.1) is 23.2 Å². The second-order valence-corrected chi connectivity index (χ2v) is 7.61. The molecule has 4 nitrogen and oxygen atoms in total. The van der Waals surface area contributed by atoms with E-state index in [1.807, 2.05) is 0 Å². The molecule has 126 valence electrons. The average molecular weight is 387 g/mol. The van der Waals surface area contributed by atoms with Crippen LogP contribution in [0.2, 0.25) is 5.02 Å². The number of carbonyl (C=O) groups excluding carboxylic acids is 2. The predicted molar refractivity (Wildman–Crippen MR) is 93.7 cm³/mol. The summed E-state index contributed by atoms with van der Waals surface area (Å²) in [6.45, 7) is 3.75. The second kappa shape index (κ2) is 5.51. The Labute approximate surface area is 154 Å². The molecule has 2 aliphatic rings. The van der Waals surface area contributed by atoms with Gasteiger partial charge in [0.25, 0.3) is 11.8 Å². The number of halogens is 3. The van der Waals surface area contributed by atoms with Crippen LogP contribution in [0, 0.1) is 0 Å². The summed E-state index contributed by atoms with van der Waals surface area (Å²) in [6, 6.07) is 4.44. The molecule has 3 rings (SSSR count). The third-order valence-electron chi connectivity index (χ3n) is 4.72.